The Labute approximate surface area is 133 Å². The summed E-state index contributed by atoms with van der Waals surface area (Å²) in [5.41, 5.74) is 0.840. The summed E-state index contributed by atoms with van der Waals surface area (Å²) in [5, 5.41) is 0. The van der Waals surface area contributed by atoms with E-state index in [-0.39, 0.29) is 0 Å². The van der Waals surface area contributed by atoms with Crippen LogP contribution in [-0.2, 0) is 15.9 Å². The Morgan fingerprint density at radius 3 is 2.71 bits per heavy atom. The van der Waals surface area contributed by atoms with Crippen LogP contribution in [0.25, 0.3) is 0 Å². The zero-order valence-electron chi connectivity index (χ0n) is 12.8. The monoisotopic (exact) mass is 329 g/mol. The van der Waals surface area contributed by atoms with Crippen molar-refractivity contribution in [2.45, 2.75) is 43.9 Å². The summed E-state index contributed by atoms with van der Waals surface area (Å²) in [7, 11) is -3.39. The van der Waals surface area contributed by atoms with Crippen molar-refractivity contribution in [2.24, 2.45) is 11.8 Å². The molecule has 1 aromatic rings. The van der Waals surface area contributed by atoms with E-state index in [1.54, 1.807) is 22.5 Å². The van der Waals surface area contributed by atoms with E-state index < -0.39 is 10.0 Å². The van der Waals surface area contributed by atoms with Crippen LogP contribution in [0.1, 0.15) is 38.7 Å². The molecule has 21 heavy (non-hydrogen) atoms. The molecule has 5 heteroatoms. The van der Waals surface area contributed by atoms with E-state index in [0.29, 0.717) is 35.7 Å². The van der Waals surface area contributed by atoms with Crippen molar-refractivity contribution in [3.05, 3.63) is 29.8 Å². The van der Waals surface area contributed by atoms with Crippen LogP contribution < -0.4 is 0 Å². The number of benzene rings is 1. The zero-order chi connectivity index (χ0) is 15.5. The third kappa shape index (κ3) is 3.99. The Morgan fingerprint density at radius 2 is 2.05 bits per heavy atom. The smallest absolute Gasteiger partial charge is 0.207 e. The molecule has 0 aliphatic carbocycles. The van der Waals surface area contributed by atoms with E-state index in [9.17, 15) is 8.42 Å². The van der Waals surface area contributed by atoms with Gasteiger partial charge in [0.05, 0.1) is 4.90 Å². The number of halogens is 1. The van der Waals surface area contributed by atoms with Gasteiger partial charge in [-0.05, 0) is 48.8 Å². The molecule has 1 aliphatic rings. The highest BCUT2D eigenvalue weighted by molar-refractivity contribution is 7.89. The third-order valence-corrected chi connectivity index (χ3v) is 6.57. The molecule has 0 bridgehead atoms. The molecule has 118 valence electrons. The molecule has 2 rings (SSSR count). The topological polar surface area (TPSA) is 37.4 Å². The molecule has 0 radical (unpaired) electrons. The molecule has 0 amide bonds. The van der Waals surface area contributed by atoms with Crippen molar-refractivity contribution in [2.75, 3.05) is 13.1 Å². The number of rotatable bonds is 4. The average molecular weight is 330 g/mol. The molecule has 0 spiro atoms. The summed E-state index contributed by atoms with van der Waals surface area (Å²) in [6, 6.07) is 6.96. The van der Waals surface area contributed by atoms with Crippen molar-refractivity contribution >= 4 is 21.6 Å². The maximum atomic E-state index is 12.8. The van der Waals surface area contributed by atoms with Gasteiger partial charge < -0.3 is 0 Å². The van der Waals surface area contributed by atoms with Crippen LogP contribution >= 0.6 is 11.6 Å². The molecular formula is C16H24ClNO2S. The maximum absolute atomic E-state index is 12.8. The van der Waals surface area contributed by atoms with Gasteiger partial charge in [-0.3, -0.25) is 0 Å². The Kier molecular flexibility index (Phi) is 5.69. The summed E-state index contributed by atoms with van der Waals surface area (Å²) >= 11 is 5.81. The van der Waals surface area contributed by atoms with E-state index in [1.165, 1.54) is 0 Å². The van der Waals surface area contributed by atoms with Gasteiger partial charge in [0, 0.05) is 19.0 Å². The molecule has 1 heterocycles. The number of hydrogen-bond donors (Lipinski definition) is 0. The lowest BCUT2D eigenvalue weighted by Gasteiger charge is -2.21. The minimum Gasteiger partial charge on any atom is -0.207 e. The molecule has 1 unspecified atom stereocenters. The number of alkyl halides is 1. The lowest BCUT2D eigenvalue weighted by molar-refractivity contribution is 0.341. The van der Waals surface area contributed by atoms with Crippen LogP contribution in [0.5, 0.6) is 0 Å². The third-order valence-electron chi connectivity index (χ3n) is 4.37. The second kappa shape index (κ2) is 7.12. The van der Waals surface area contributed by atoms with E-state index in [1.807, 2.05) is 6.07 Å². The normalized spacial score (nSPS) is 21.4. The molecule has 0 aromatic heterocycles. The second-order valence-corrected chi connectivity index (χ2v) is 8.33. The first-order chi connectivity index (χ1) is 9.95. The van der Waals surface area contributed by atoms with Gasteiger partial charge in [-0.1, -0.05) is 26.0 Å². The minimum absolute atomic E-state index is 0.332. The summed E-state index contributed by atoms with van der Waals surface area (Å²) in [6.45, 7) is 5.68. The highest BCUT2D eigenvalue weighted by atomic mass is 35.5. The second-order valence-electron chi connectivity index (χ2n) is 6.12. The fourth-order valence-corrected chi connectivity index (χ4v) is 4.67. The lowest BCUT2D eigenvalue weighted by Crippen LogP contribution is -2.32. The number of nitrogens with zero attached hydrogens (tertiary/aromatic N) is 1. The molecule has 1 saturated heterocycles. The van der Waals surface area contributed by atoms with Gasteiger partial charge in [0.15, 0.2) is 0 Å². The average Bonchev–Trinajstić information content (AvgIpc) is 2.73. The summed E-state index contributed by atoms with van der Waals surface area (Å²) in [4.78, 5) is 0.364. The van der Waals surface area contributed by atoms with Crippen molar-refractivity contribution in [1.82, 2.24) is 4.31 Å². The highest BCUT2D eigenvalue weighted by Gasteiger charge is 2.28. The largest absolute Gasteiger partial charge is 0.243 e. The number of sulfonamides is 1. The van der Waals surface area contributed by atoms with Gasteiger partial charge in [-0.2, -0.15) is 4.31 Å². The quantitative estimate of drug-likeness (QED) is 0.786. The van der Waals surface area contributed by atoms with E-state index in [0.717, 1.165) is 24.8 Å². The molecule has 1 fully saturated rings. The summed E-state index contributed by atoms with van der Waals surface area (Å²) < 4.78 is 27.2. The first-order valence-electron chi connectivity index (χ1n) is 7.60. The van der Waals surface area contributed by atoms with Gasteiger partial charge in [-0.15, -0.1) is 11.6 Å². The molecule has 0 saturated carbocycles. The van der Waals surface area contributed by atoms with Gasteiger partial charge >= 0.3 is 0 Å². The Hall–Kier alpha value is -0.580. The predicted octanol–water partition coefficient (Wildman–Crippen LogP) is 3.87. The van der Waals surface area contributed by atoms with Crippen LogP contribution in [-0.4, -0.2) is 25.8 Å². The van der Waals surface area contributed by atoms with Gasteiger partial charge in [0.2, 0.25) is 10.0 Å². The van der Waals surface area contributed by atoms with Crippen LogP contribution in [0.4, 0.5) is 0 Å². The van der Waals surface area contributed by atoms with Crippen molar-refractivity contribution in [3.63, 3.8) is 0 Å². The Balaban J connectivity index is 2.19. The van der Waals surface area contributed by atoms with E-state index in [2.05, 4.69) is 13.8 Å². The van der Waals surface area contributed by atoms with Gasteiger partial charge in [0.25, 0.3) is 0 Å². The molecule has 3 nitrogen and oxygen atoms in total. The zero-order valence-corrected chi connectivity index (χ0v) is 14.3. The first kappa shape index (κ1) is 16.8. The predicted molar refractivity (Wildman–Crippen MR) is 86.9 cm³/mol. The van der Waals surface area contributed by atoms with E-state index in [4.69, 9.17) is 11.6 Å². The van der Waals surface area contributed by atoms with Crippen LogP contribution in [0.3, 0.4) is 0 Å². The number of hydrogen-bond acceptors (Lipinski definition) is 2. The summed E-state index contributed by atoms with van der Waals surface area (Å²) in [6.07, 6.45) is 3.01. The SMILES string of the molecule is CC(C)C1CCCN(S(=O)(=O)c2cccc(CCl)c2)CC1. The van der Waals surface area contributed by atoms with E-state index >= 15 is 0 Å². The fraction of sp³-hybridized carbons (Fsp3) is 0.625. The van der Waals surface area contributed by atoms with Crippen LogP contribution in [0, 0.1) is 11.8 Å². The fourth-order valence-electron chi connectivity index (χ4n) is 2.94. The molecular weight excluding hydrogens is 306 g/mol. The maximum Gasteiger partial charge on any atom is 0.243 e. The molecule has 1 atom stereocenters. The van der Waals surface area contributed by atoms with Gasteiger partial charge in [-0.25, -0.2) is 8.42 Å². The highest BCUT2D eigenvalue weighted by Crippen LogP contribution is 2.27. The standard InChI is InChI=1S/C16H24ClNO2S/c1-13(2)15-6-4-9-18(10-8-15)21(19,20)16-7-3-5-14(11-16)12-17/h3,5,7,11,13,15H,4,6,8-10,12H2,1-2H3. The van der Waals surface area contributed by atoms with Crippen LogP contribution in [0.2, 0.25) is 0 Å². The van der Waals surface area contributed by atoms with Crippen LogP contribution in [0.15, 0.2) is 29.2 Å². The molecule has 1 aromatic carbocycles. The first-order valence-corrected chi connectivity index (χ1v) is 9.57. The summed E-state index contributed by atoms with van der Waals surface area (Å²) in [5.74, 6) is 1.57. The molecule has 1 aliphatic heterocycles. The Morgan fingerprint density at radius 1 is 1.29 bits per heavy atom. The van der Waals surface area contributed by atoms with Crippen molar-refractivity contribution in [3.8, 4) is 0 Å². The van der Waals surface area contributed by atoms with Crippen molar-refractivity contribution < 1.29 is 8.42 Å². The van der Waals surface area contributed by atoms with Crippen molar-refractivity contribution in [1.29, 1.82) is 0 Å². The minimum atomic E-state index is -3.39. The molecule has 0 N–H and O–H groups in total. The Bertz CT molecular complexity index is 571. The van der Waals surface area contributed by atoms with Gasteiger partial charge in [0.1, 0.15) is 0 Å². The lowest BCUT2D eigenvalue weighted by atomic mass is 9.89.